The largest absolute Gasteiger partial charge is 0.492 e. The number of rotatable bonds is 8. The van der Waals surface area contributed by atoms with Crippen molar-refractivity contribution in [3.05, 3.63) is 89.5 Å². The summed E-state index contributed by atoms with van der Waals surface area (Å²) in [6.45, 7) is 6.97. The molecule has 0 saturated heterocycles. The molecule has 0 saturated carbocycles. The molecule has 1 aliphatic heterocycles. The number of carbonyl (C=O) groups is 2. The number of ether oxygens (including phenoxy) is 2. The van der Waals surface area contributed by atoms with Crippen molar-refractivity contribution in [3.63, 3.8) is 0 Å². The Morgan fingerprint density at radius 1 is 1.11 bits per heavy atom. The number of fused-ring (bicyclic) bond motifs is 1. The highest BCUT2D eigenvalue weighted by Crippen LogP contribution is 2.34. The fourth-order valence-corrected chi connectivity index (χ4v) is 3.83. The minimum Gasteiger partial charge on any atom is -0.492 e. The quantitative estimate of drug-likeness (QED) is 0.437. The molecule has 4 rings (SSSR count). The van der Waals surface area contributed by atoms with Crippen LogP contribution in [0.4, 0.5) is 11.4 Å². The molecule has 0 unspecified atom stereocenters. The molecule has 0 radical (unpaired) electrons. The Hall–Kier alpha value is -4.06. The van der Waals surface area contributed by atoms with Crippen LogP contribution >= 0.6 is 0 Å². The van der Waals surface area contributed by atoms with Gasteiger partial charge in [-0.1, -0.05) is 50.2 Å². The number of hydrogen-bond donors (Lipinski definition) is 1. The molecule has 6 heteroatoms. The first kappa shape index (κ1) is 24.1. The Morgan fingerprint density at radius 2 is 1.91 bits per heavy atom. The summed E-state index contributed by atoms with van der Waals surface area (Å²) < 4.78 is 11.4. The SMILES string of the molecule is Cc1cccc(OCCN2C(=O)COc3ccc(NC(=O)/C=C/c4ccc(C(C)C)cc4)cc32)c1. The Bertz CT molecular complexity index is 1230. The zero-order chi connectivity index (χ0) is 24.8. The van der Waals surface area contributed by atoms with Gasteiger partial charge in [-0.05, 0) is 65.9 Å². The third-order valence-corrected chi connectivity index (χ3v) is 5.77. The van der Waals surface area contributed by atoms with Crippen molar-refractivity contribution >= 4 is 29.3 Å². The second-order valence-electron chi connectivity index (χ2n) is 8.83. The van der Waals surface area contributed by atoms with E-state index in [4.69, 9.17) is 9.47 Å². The maximum Gasteiger partial charge on any atom is 0.265 e. The molecule has 35 heavy (non-hydrogen) atoms. The second kappa shape index (κ2) is 10.9. The molecule has 0 spiro atoms. The van der Waals surface area contributed by atoms with Crippen LogP contribution in [0.5, 0.6) is 11.5 Å². The van der Waals surface area contributed by atoms with E-state index >= 15 is 0 Å². The van der Waals surface area contributed by atoms with E-state index in [2.05, 4.69) is 31.3 Å². The molecule has 6 nitrogen and oxygen atoms in total. The van der Waals surface area contributed by atoms with Crippen LogP contribution in [0, 0.1) is 6.92 Å². The number of benzene rings is 3. The van der Waals surface area contributed by atoms with Gasteiger partial charge in [0.2, 0.25) is 5.91 Å². The Morgan fingerprint density at radius 3 is 2.66 bits per heavy atom. The van der Waals surface area contributed by atoms with E-state index in [0.29, 0.717) is 36.2 Å². The number of anilines is 2. The molecule has 1 heterocycles. The third-order valence-electron chi connectivity index (χ3n) is 5.77. The predicted octanol–water partition coefficient (Wildman–Crippen LogP) is 5.57. The molecule has 3 aromatic carbocycles. The van der Waals surface area contributed by atoms with Gasteiger partial charge in [-0.15, -0.1) is 0 Å². The van der Waals surface area contributed by atoms with Gasteiger partial charge < -0.3 is 19.7 Å². The van der Waals surface area contributed by atoms with Crippen LogP contribution in [-0.4, -0.2) is 31.6 Å². The number of carbonyl (C=O) groups excluding carboxylic acids is 2. The normalized spacial score (nSPS) is 13.0. The van der Waals surface area contributed by atoms with Crippen LogP contribution in [0.1, 0.15) is 36.5 Å². The van der Waals surface area contributed by atoms with E-state index in [-0.39, 0.29) is 18.4 Å². The topological polar surface area (TPSA) is 67.9 Å². The summed E-state index contributed by atoms with van der Waals surface area (Å²) in [6.07, 6.45) is 3.28. The standard InChI is InChI=1S/C29H30N2O4/c1-20(2)23-10-7-22(8-11-23)9-14-28(32)30-24-12-13-27-26(18-24)31(29(33)19-35-27)15-16-34-25-6-4-5-21(3)17-25/h4-14,17-18,20H,15-16,19H2,1-3H3,(H,30,32)/b14-9+. The molecule has 0 bridgehead atoms. The lowest BCUT2D eigenvalue weighted by Gasteiger charge is -2.29. The van der Waals surface area contributed by atoms with E-state index in [9.17, 15) is 9.59 Å². The second-order valence-corrected chi connectivity index (χ2v) is 8.83. The summed E-state index contributed by atoms with van der Waals surface area (Å²) in [7, 11) is 0. The van der Waals surface area contributed by atoms with Crippen LogP contribution in [0.15, 0.2) is 72.8 Å². The van der Waals surface area contributed by atoms with Crippen molar-refractivity contribution in [1.82, 2.24) is 0 Å². The van der Waals surface area contributed by atoms with Gasteiger partial charge in [-0.3, -0.25) is 9.59 Å². The monoisotopic (exact) mass is 470 g/mol. The van der Waals surface area contributed by atoms with Gasteiger partial charge >= 0.3 is 0 Å². The molecule has 180 valence electrons. The predicted molar refractivity (Wildman–Crippen MR) is 139 cm³/mol. The fourth-order valence-electron chi connectivity index (χ4n) is 3.83. The van der Waals surface area contributed by atoms with E-state index in [1.165, 1.54) is 11.6 Å². The van der Waals surface area contributed by atoms with Crippen LogP contribution in [-0.2, 0) is 9.59 Å². The fraction of sp³-hybridized carbons (Fsp3) is 0.241. The van der Waals surface area contributed by atoms with Crippen molar-refractivity contribution in [1.29, 1.82) is 0 Å². The smallest absolute Gasteiger partial charge is 0.265 e. The zero-order valence-corrected chi connectivity index (χ0v) is 20.3. The first-order valence-electron chi connectivity index (χ1n) is 11.7. The van der Waals surface area contributed by atoms with Crippen molar-refractivity contribution in [2.24, 2.45) is 0 Å². The summed E-state index contributed by atoms with van der Waals surface area (Å²) >= 11 is 0. The van der Waals surface area contributed by atoms with Crippen molar-refractivity contribution in [3.8, 4) is 11.5 Å². The lowest BCUT2D eigenvalue weighted by atomic mass is 10.0. The molecular formula is C29H30N2O4. The molecule has 1 aliphatic rings. The zero-order valence-electron chi connectivity index (χ0n) is 20.3. The van der Waals surface area contributed by atoms with Gasteiger partial charge in [0.05, 0.1) is 12.2 Å². The lowest BCUT2D eigenvalue weighted by Crippen LogP contribution is -2.41. The summed E-state index contributed by atoms with van der Waals surface area (Å²) in [5.41, 5.74) is 4.51. The molecule has 0 fully saturated rings. The van der Waals surface area contributed by atoms with Crippen LogP contribution in [0.2, 0.25) is 0 Å². The van der Waals surface area contributed by atoms with E-state index < -0.39 is 0 Å². The molecule has 0 aromatic heterocycles. The van der Waals surface area contributed by atoms with Crippen LogP contribution < -0.4 is 19.7 Å². The molecule has 0 aliphatic carbocycles. The average Bonchev–Trinajstić information content (AvgIpc) is 2.84. The summed E-state index contributed by atoms with van der Waals surface area (Å²) in [5, 5.41) is 2.86. The molecule has 0 atom stereocenters. The summed E-state index contributed by atoms with van der Waals surface area (Å²) in [6, 6.07) is 21.2. The van der Waals surface area contributed by atoms with Gasteiger partial charge in [0.1, 0.15) is 18.1 Å². The maximum atomic E-state index is 12.6. The summed E-state index contributed by atoms with van der Waals surface area (Å²) in [4.78, 5) is 26.7. The number of amides is 2. The van der Waals surface area contributed by atoms with Crippen LogP contribution in [0.25, 0.3) is 6.08 Å². The number of nitrogens with one attached hydrogen (secondary N) is 1. The minimum absolute atomic E-state index is 0.0263. The Kier molecular flexibility index (Phi) is 7.51. The lowest BCUT2D eigenvalue weighted by molar-refractivity contribution is -0.121. The van der Waals surface area contributed by atoms with Gasteiger partial charge in [-0.25, -0.2) is 0 Å². The van der Waals surface area contributed by atoms with E-state index in [1.54, 1.807) is 29.2 Å². The first-order valence-corrected chi connectivity index (χ1v) is 11.7. The van der Waals surface area contributed by atoms with Gasteiger partial charge in [0, 0.05) is 11.8 Å². The van der Waals surface area contributed by atoms with Gasteiger partial charge in [0.15, 0.2) is 6.61 Å². The molecular weight excluding hydrogens is 440 g/mol. The third kappa shape index (κ3) is 6.29. The first-order chi connectivity index (χ1) is 16.9. The average molecular weight is 471 g/mol. The van der Waals surface area contributed by atoms with Crippen LogP contribution in [0.3, 0.4) is 0 Å². The van der Waals surface area contributed by atoms with Gasteiger partial charge in [0.25, 0.3) is 5.91 Å². The number of hydrogen-bond acceptors (Lipinski definition) is 4. The minimum atomic E-state index is -0.254. The highest BCUT2D eigenvalue weighted by molar-refractivity contribution is 6.03. The Labute approximate surface area is 206 Å². The van der Waals surface area contributed by atoms with E-state index in [1.807, 2.05) is 43.3 Å². The van der Waals surface area contributed by atoms with E-state index in [0.717, 1.165) is 16.9 Å². The summed E-state index contributed by atoms with van der Waals surface area (Å²) in [5.74, 6) is 1.41. The van der Waals surface area contributed by atoms with Crippen molar-refractivity contribution < 1.29 is 19.1 Å². The van der Waals surface area contributed by atoms with Crippen molar-refractivity contribution in [2.75, 3.05) is 30.0 Å². The maximum absolute atomic E-state index is 12.6. The highest BCUT2D eigenvalue weighted by Gasteiger charge is 2.26. The van der Waals surface area contributed by atoms with Crippen molar-refractivity contribution in [2.45, 2.75) is 26.7 Å². The number of nitrogens with zero attached hydrogens (tertiary/aromatic N) is 1. The highest BCUT2D eigenvalue weighted by atomic mass is 16.5. The molecule has 1 N–H and O–H groups in total. The Balaban J connectivity index is 1.40. The molecule has 3 aromatic rings. The number of aryl methyl sites for hydroxylation is 1. The van der Waals surface area contributed by atoms with Gasteiger partial charge in [-0.2, -0.15) is 0 Å². The molecule has 2 amide bonds.